The summed E-state index contributed by atoms with van der Waals surface area (Å²) in [5.41, 5.74) is 1.25. The van der Waals surface area contributed by atoms with Crippen LogP contribution >= 0.6 is 11.6 Å². The number of anilines is 1. The number of hydrogen-bond acceptors (Lipinski definition) is 4. The van der Waals surface area contributed by atoms with E-state index >= 15 is 0 Å². The summed E-state index contributed by atoms with van der Waals surface area (Å²) >= 11 is 5.99. The van der Waals surface area contributed by atoms with Crippen molar-refractivity contribution >= 4 is 29.1 Å². The number of pyridine rings is 1. The molecule has 0 spiro atoms. The molecule has 0 bridgehead atoms. The molecule has 1 unspecified atom stereocenters. The lowest BCUT2D eigenvalue weighted by Gasteiger charge is -2.29. The molecule has 1 aromatic carbocycles. The summed E-state index contributed by atoms with van der Waals surface area (Å²) in [6, 6.07) is 10.2. The first kappa shape index (κ1) is 16.3. The minimum absolute atomic E-state index is 0.0995. The number of fused-ring (bicyclic) bond motifs is 1. The molecule has 1 N–H and O–H groups in total. The zero-order chi connectivity index (χ0) is 17.1. The van der Waals surface area contributed by atoms with Crippen molar-refractivity contribution in [2.45, 2.75) is 13.0 Å². The fourth-order valence-electron chi connectivity index (χ4n) is 2.49. The number of hydrogen-bond donors (Lipinski definition) is 1. The maximum Gasteiger partial charge on any atom is 0.265 e. The number of rotatable bonds is 4. The predicted molar refractivity (Wildman–Crippen MR) is 90.1 cm³/mol. The zero-order valence-corrected chi connectivity index (χ0v) is 13.8. The van der Waals surface area contributed by atoms with Gasteiger partial charge in [-0.25, -0.2) is 0 Å². The van der Waals surface area contributed by atoms with Gasteiger partial charge in [-0.2, -0.15) is 0 Å². The van der Waals surface area contributed by atoms with Gasteiger partial charge in [-0.05, 0) is 37.3 Å². The number of carbonyl (C=O) groups excluding carboxylic acids is 2. The molecule has 7 heteroatoms. The van der Waals surface area contributed by atoms with E-state index in [2.05, 4.69) is 10.3 Å². The summed E-state index contributed by atoms with van der Waals surface area (Å²) in [6.07, 6.45) is 1.67. The van der Waals surface area contributed by atoms with Crippen molar-refractivity contribution in [3.05, 3.63) is 53.3 Å². The van der Waals surface area contributed by atoms with Gasteiger partial charge >= 0.3 is 0 Å². The van der Waals surface area contributed by atoms with Crippen molar-refractivity contribution in [1.29, 1.82) is 0 Å². The van der Waals surface area contributed by atoms with Gasteiger partial charge in [0.2, 0.25) is 5.91 Å². The van der Waals surface area contributed by atoms with Crippen molar-refractivity contribution in [2.75, 3.05) is 18.1 Å². The molecule has 1 aliphatic rings. The average molecular weight is 346 g/mol. The SMILES string of the molecule is CC(NC(=O)CN1C(=O)COc2ccc(Cl)cc21)c1ccccn1. The molecule has 124 valence electrons. The van der Waals surface area contributed by atoms with Gasteiger partial charge in [0, 0.05) is 11.2 Å². The molecule has 24 heavy (non-hydrogen) atoms. The number of amides is 2. The summed E-state index contributed by atoms with van der Waals surface area (Å²) in [5.74, 6) is -0.0377. The highest BCUT2D eigenvalue weighted by Crippen LogP contribution is 2.34. The van der Waals surface area contributed by atoms with Crippen LogP contribution in [0.1, 0.15) is 18.7 Å². The van der Waals surface area contributed by atoms with Crippen LogP contribution in [0.2, 0.25) is 5.02 Å². The Balaban J connectivity index is 1.72. The molecular formula is C17H16ClN3O3. The van der Waals surface area contributed by atoms with Crippen LogP contribution in [0.4, 0.5) is 5.69 Å². The van der Waals surface area contributed by atoms with Crippen LogP contribution in [0.5, 0.6) is 5.75 Å². The molecule has 1 aromatic heterocycles. The molecule has 2 aromatic rings. The summed E-state index contributed by atoms with van der Waals surface area (Å²) in [7, 11) is 0. The lowest BCUT2D eigenvalue weighted by atomic mass is 10.2. The molecule has 2 heterocycles. The number of ether oxygens (including phenoxy) is 1. The van der Waals surface area contributed by atoms with Crippen molar-refractivity contribution in [3.8, 4) is 5.75 Å². The van der Waals surface area contributed by atoms with E-state index < -0.39 is 0 Å². The molecule has 1 aliphatic heterocycles. The first-order valence-electron chi connectivity index (χ1n) is 7.47. The third-order valence-corrected chi connectivity index (χ3v) is 3.91. The Kier molecular flexibility index (Phi) is 4.66. The van der Waals surface area contributed by atoms with Crippen LogP contribution in [0, 0.1) is 0 Å². The predicted octanol–water partition coefficient (Wildman–Crippen LogP) is 2.34. The molecule has 0 aliphatic carbocycles. The Bertz CT molecular complexity index is 767. The van der Waals surface area contributed by atoms with Gasteiger partial charge in [-0.3, -0.25) is 19.5 Å². The monoisotopic (exact) mass is 345 g/mol. The Morgan fingerprint density at radius 3 is 3.00 bits per heavy atom. The third kappa shape index (κ3) is 3.49. The zero-order valence-electron chi connectivity index (χ0n) is 13.0. The van der Waals surface area contributed by atoms with Gasteiger partial charge in [-0.1, -0.05) is 17.7 Å². The molecule has 0 radical (unpaired) electrons. The van der Waals surface area contributed by atoms with Crippen molar-refractivity contribution in [2.24, 2.45) is 0 Å². The van der Waals surface area contributed by atoms with Crippen LogP contribution in [0.25, 0.3) is 0 Å². The van der Waals surface area contributed by atoms with E-state index in [1.54, 1.807) is 24.4 Å². The molecule has 0 saturated carbocycles. The average Bonchev–Trinajstić information content (AvgIpc) is 2.58. The van der Waals surface area contributed by atoms with Gasteiger partial charge in [0.25, 0.3) is 5.91 Å². The maximum atomic E-state index is 12.3. The highest BCUT2D eigenvalue weighted by atomic mass is 35.5. The topological polar surface area (TPSA) is 71.5 Å². The maximum absolute atomic E-state index is 12.3. The number of nitrogens with zero attached hydrogens (tertiary/aromatic N) is 2. The minimum atomic E-state index is -0.287. The number of nitrogens with one attached hydrogen (secondary N) is 1. The van der Waals surface area contributed by atoms with E-state index in [0.717, 1.165) is 5.69 Å². The van der Waals surface area contributed by atoms with E-state index in [-0.39, 0.29) is 31.0 Å². The largest absolute Gasteiger partial charge is 0.482 e. The summed E-state index contributed by atoms with van der Waals surface area (Å²) in [4.78, 5) is 30.0. The Hall–Kier alpha value is -2.60. The quantitative estimate of drug-likeness (QED) is 0.923. The second-order valence-corrected chi connectivity index (χ2v) is 5.86. The smallest absolute Gasteiger partial charge is 0.265 e. The lowest BCUT2D eigenvalue weighted by Crippen LogP contribution is -2.45. The van der Waals surface area contributed by atoms with Gasteiger partial charge in [0.1, 0.15) is 12.3 Å². The Labute approximate surface area is 144 Å². The Morgan fingerprint density at radius 1 is 1.42 bits per heavy atom. The molecule has 0 fully saturated rings. The summed E-state index contributed by atoms with van der Waals surface area (Å²) < 4.78 is 5.36. The highest BCUT2D eigenvalue weighted by Gasteiger charge is 2.28. The van der Waals surface area contributed by atoms with Gasteiger partial charge in [0.15, 0.2) is 6.61 Å². The molecule has 2 amide bonds. The molecule has 3 rings (SSSR count). The standard InChI is InChI=1S/C17H16ClN3O3/c1-11(13-4-2-3-7-19-13)20-16(22)9-21-14-8-12(18)5-6-15(14)24-10-17(21)23/h2-8,11H,9-10H2,1H3,(H,20,22). The van der Waals surface area contributed by atoms with Crippen molar-refractivity contribution in [3.63, 3.8) is 0 Å². The molecule has 6 nitrogen and oxygen atoms in total. The van der Waals surface area contributed by atoms with Crippen LogP contribution < -0.4 is 15.0 Å². The van der Waals surface area contributed by atoms with Gasteiger partial charge in [0.05, 0.1) is 17.4 Å². The molecular weight excluding hydrogens is 330 g/mol. The van der Waals surface area contributed by atoms with Crippen LogP contribution in [0.3, 0.4) is 0 Å². The molecule has 0 saturated heterocycles. The van der Waals surface area contributed by atoms with E-state index in [1.807, 2.05) is 25.1 Å². The Morgan fingerprint density at radius 2 is 2.25 bits per heavy atom. The fraction of sp³-hybridized carbons (Fsp3) is 0.235. The van der Waals surface area contributed by atoms with Crippen LogP contribution in [0.15, 0.2) is 42.6 Å². The van der Waals surface area contributed by atoms with E-state index in [4.69, 9.17) is 16.3 Å². The normalized spacial score (nSPS) is 14.6. The third-order valence-electron chi connectivity index (χ3n) is 3.67. The first-order valence-corrected chi connectivity index (χ1v) is 7.85. The highest BCUT2D eigenvalue weighted by molar-refractivity contribution is 6.31. The first-order chi connectivity index (χ1) is 11.5. The second kappa shape index (κ2) is 6.88. The van der Waals surface area contributed by atoms with Crippen molar-refractivity contribution in [1.82, 2.24) is 10.3 Å². The van der Waals surface area contributed by atoms with Gasteiger partial charge < -0.3 is 10.1 Å². The number of halogens is 1. The van der Waals surface area contributed by atoms with Crippen LogP contribution in [-0.2, 0) is 9.59 Å². The van der Waals surface area contributed by atoms with E-state index in [0.29, 0.717) is 16.5 Å². The van der Waals surface area contributed by atoms with Crippen LogP contribution in [-0.4, -0.2) is 29.9 Å². The molecule has 1 atom stereocenters. The van der Waals surface area contributed by atoms with Crippen molar-refractivity contribution < 1.29 is 14.3 Å². The summed E-state index contributed by atoms with van der Waals surface area (Å²) in [6.45, 7) is 1.64. The van der Waals surface area contributed by atoms with Gasteiger partial charge in [-0.15, -0.1) is 0 Å². The number of benzene rings is 1. The number of aromatic nitrogens is 1. The fourth-order valence-corrected chi connectivity index (χ4v) is 2.65. The number of carbonyl (C=O) groups is 2. The summed E-state index contributed by atoms with van der Waals surface area (Å²) in [5, 5.41) is 3.31. The lowest BCUT2D eigenvalue weighted by molar-refractivity contribution is -0.125. The van der Waals surface area contributed by atoms with E-state index in [1.165, 1.54) is 4.90 Å². The van der Waals surface area contributed by atoms with E-state index in [9.17, 15) is 9.59 Å². The minimum Gasteiger partial charge on any atom is -0.482 e. The second-order valence-electron chi connectivity index (χ2n) is 5.42.